The van der Waals surface area contributed by atoms with Crippen molar-refractivity contribution in [3.05, 3.63) is 115 Å². The number of rotatable bonds is 6. The molecule has 0 radical (unpaired) electrons. The van der Waals surface area contributed by atoms with E-state index in [1.54, 1.807) is 0 Å². The number of hydrogen-bond acceptors (Lipinski definition) is 6. The standard InChI is InChI=1S/C47H62O6P2/c1-28-17-30(3)40-34(19-28)26-48-54(50-40)52-42-32(22-36(44(5,6)7)24-38(42)46(11,12)13)21-33-23-37(45(8,9)10)25-39(47(14,15)16)43(33)53-55-49-27-35-20-29(2)18-31(4)41(35)51-55/h17-20,22-25H,21,26-27H2,1-16H3. The number of benzene rings is 4. The fraction of sp³-hybridized carbons (Fsp3) is 0.489. The average Bonchev–Trinajstić information content (AvgIpc) is 3.04. The molecule has 0 saturated heterocycles. The first-order valence-electron chi connectivity index (χ1n) is 19.5. The molecule has 0 aromatic heterocycles. The fourth-order valence-corrected chi connectivity index (χ4v) is 9.61. The van der Waals surface area contributed by atoms with Crippen molar-refractivity contribution in [3.63, 3.8) is 0 Å². The van der Waals surface area contributed by atoms with Crippen LogP contribution < -0.4 is 18.1 Å². The fourth-order valence-electron chi connectivity index (χ4n) is 7.29. The molecular formula is C47H62O6P2. The van der Waals surface area contributed by atoms with E-state index in [0.717, 1.165) is 67.5 Å². The van der Waals surface area contributed by atoms with Crippen LogP contribution in [0.25, 0.3) is 0 Å². The molecule has 0 saturated carbocycles. The second-order valence-corrected chi connectivity index (χ2v) is 21.8. The van der Waals surface area contributed by atoms with E-state index in [2.05, 4.69) is 159 Å². The lowest BCUT2D eigenvalue weighted by molar-refractivity contribution is 0.231. The van der Waals surface area contributed by atoms with Crippen LogP contribution in [0.5, 0.6) is 23.0 Å². The van der Waals surface area contributed by atoms with Gasteiger partial charge in [0.05, 0.1) is 13.2 Å². The van der Waals surface area contributed by atoms with Gasteiger partial charge in [0.25, 0.3) is 0 Å². The van der Waals surface area contributed by atoms with Crippen molar-refractivity contribution in [3.8, 4) is 23.0 Å². The Labute approximate surface area is 333 Å². The van der Waals surface area contributed by atoms with E-state index in [1.807, 2.05) is 0 Å². The molecule has 0 aliphatic carbocycles. The van der Waals surface area contributed by atoms with E-state index in [9.17, 15) is 0 Å². The summed E-state index contributed by atoms with van der Waals surface area (Å²) in [6.07, 6.45) is 0.556. The molecule has 0 amide bonds. The summed E-state index contributed by atoms with van der Waals surface area (Å²) in [5.74, 6) is 3.33. The third-order valence-electron chi connectivity index (χ3n) is 10.4. The van der Waals surface area contributed by atoms with E-state index < -0.39 is 17.2 Å². The molecule has 2 unspecified atom stereocenters. The van der Waals surface area contributed by atoms with Gasteiger partial charge in [-0.2, -0.15) is 0 Å². The van der Waals surface area contributed by atoms with Crippen molar-refractivity contribution in [2.24, 2.45) is 0 Å². The molecule has 2 heterocycles. The second kappa shape index (κ2) is 15.0. The predicted octanol–water partition coefficient (Wildman–Crippen LogP) is 14.1. The quantitative estimate of drug-likeness (QED) is 0.182. The maximum Gasteiger partial charge on any atom is 0.463 e. The molecular weight excluding hydrogens is 722 g/mol. The van der Waals surface area contributed by atoms with Gasteiger partial charge in [-0.05, 0) is 82.7 Å². The zero-order valence-corrected chi connectivity index (χ0v) is 37.9. The zero-order valence-electron chi connectivity index (χ0n) is 36.1. The van der Waals surface area contributed by atoms with Crippen LogP contribution in [0, 0.1) is 27.7 Å². The molecule has 0 bridgehead atoms. The molecule has 0 fully saturated rings. The van der Waals surface area contributed by atoms with Gasteiger partial charge in [-0.3, -0.25) is 9.05 Å². The predicted molar refractivity (Wildman–Crippen MR) is 228 cm³/mol. The van der Waals surface area contributed by atoms with Crippen LogP contribution in [-0.4, -0.2) is 0 Å². The van der Waals surface area contributed by atoms with Gasteiger partial charge in [0.2, 0.25) is 0 Å². The zero-order chi connectivity index (χ0) is 40.4. The molecule has 4 aromatic carbocycles. The highest BCUT2D eigenvalue weighted by Crippen LogP contribution is 2.55. The summed E-state index contributed by atoms with van der Waals surface area (Å²) < 4.78 is 39.8. The van der Waals surface area contributed by atoms with Gasteiger partial charge in [-0.25, -0.2) is 0 Å². The SMILES string of the molecule is Cc1cc(C)c2c(c1)COP(Oc1c(Cc3cc(C(C)(C)C)cc(C(C)(C)C)c3OP3OCc4cc(C)cc(C)c4O3)cc(C(C)(C)C)cc1C(C)(C)C)O2. The average molecular weight is 785 g/mol. The number of hydrogen-bond donors (Lipinski definition) is 0. The van der Waals surface area contributed by atoms with Crippen LogP contribution in [0.3, 0.4) is 0 Å². The van der Waals surface area contributed by atoms with Gasteiger partial charge >= 0.3 is 17.2 Å². The van der Waals surface area contributed by atoms with Crippen molar-refractivity contribution in [2.45, 2.75) is 152 Å². The summed E-state index contributed by atoms with van der Waals surface area (Å²) in [6, 6.07) is 17.9. The van der Waals surface area contributed by atoms with Gasteiger partial charge in [-0.15, -0.1) is 0 Å². The summed E-state index contributed by atoms with van der Waals surface area (Å²) in [5.41, 5.74) is 12.8. The summed E-state index contributed by atoms with van der Waals surface area (Å²) in [6.45, 7) is 36.4. The largest absolute Gasteiger partial charge is 0.463 e. The first-order valence-corrected chi connectivity index (χ1v) is 21.7. The molecule has 296 valence electrons. The van der Waals surface area contributed by atoms with Crippen molar-refractivity contribution < 1.29 is 27.1 Å². The molecule has 8 heteroatoms. The van der Waals surface area contributed by atoms with E-state index >= 15 is 0 Å². The smallest absolute Gasteiger partial charge is 0.417 e. The Balaban J connectivity index is 1.51. The second-order valence-electron chi connectivity index (χ2n) is 19.7. The molecule has 6 nitrogen and oxygen atoms in total. The van der Waals surface area contributed by atoms with Gasteiger partial charge in [-0.1, -0.05) is 143 Å². The van der Waals surface area contributed by atoms with Crippen LogP contribution in [-0.2, 0) is 50.3 Å². The Hall–Kier alpha value is -3.14. The highest BCUT2D eigenvalue weighted by Gasteiger charge is 2.35. The van der Waals surface area contributed by atoms with E-state index in [4.69, 9.17) is 27.1 Å². The van der Waals surface area contributed by atoms with E-state index in [-0.39, 0.29) is 21.7 Å². The minimum Gasteiger partial charge on any atom is -0.417 e. The molecule has 0 N–H and O–H groups in total. The minimum atomic E-state index is -1.72. The number of aryl methyl sites for hydroxylation is 4. The topological polar surface area (TPSA) is 55.4 Å². The highest BCUT2D eigenvalue weighted by atomic mass is 31.2. The van der Waals surface area contributed by atoms with Gasteiger partial charge in [0, 0.05) is 28.7 Å². The first kappa shape index (κ1) is 41.5. The lowest BCUT2D eigenvalue weighted by Gasteiger charge is -2.33. The van der Waals surface area contributed by atoms with Crippen molar-refractivity contribution >= 4 is 17.2 Å². The summed E-state index contributed by atoms with van der Waals surface area (Å²) >= 11 is 0. The molecule has 6 rings (SSSR count). The summed E-state index contributed by atoms with van der Waals surface area (Å²) in [4.78, 5) is 0. The maximum absolute atomic E-state index is 7.01. The summed E-state index contributed by atoms with van der Waals surface area (Å²) in [7, 11) is -3.44. The monoisotopic (exact) mass is 784 g/mol. The molecule has 4 aromatic rings. The van der Waals surface area contributed by atoms with Crippen molar-refractivity contribution in [1.29, 1.82) is 0 Å². The number of fused-ring (bicyclic) bond motifs is 2. The third kappa shape index (κ3) is 9.20. The minimum absolute atomic E-state index is 0.107. The Morgan fingerprint density at radius 3 is 1.18 bits per heavy atom. The van der Waals surface area contributed by atoms with Crippen molar-refractivity contribution in [1.82, 2.24) is 0 Å². The van der Waals surface area contributed by atoms with Crippen LogP contribution in [0.4, 0.5) is 0 Å². The van der Waals surface area contributed by atoms with Gasteiger partial charge in [0.1, 0.15) is 23.0 Å². The van der Waals surface area contributed by atoms with E-state index in [1.165, 1.54) is 22.3 Å². The Morgan fingerprint density at radius 2 is 0.855 bits per heavy atom. The molecule has 2 aliphatic rings. The molecule has 2 atom stereocenters. The highest BCUT2D eigenvalue weighted by molar-refractivity contribution is 7.43. The Bertz CT molecular complexity index is 1940. The third-order valence-corrected chi connectivity index (χ3v) is 12.4. The summed E-state index contributed by atoms with van der Waals surface area (Å²) in [5, 5.41) is 0. The Kier molecular flexibility index (Phi) is 11.3. The maximum atomic E-state index is 7.01. The normalized spacial score (nSPS) is 17.5. The molecule has 0 spiro atoms. The molecule has 55 heavy (non-hydrogen) atoms. The van der Waals surface area contributed by atoms with Crippen LogP contribution in [0.15, 0.2) is 48.5 Å². The van der Waals surface area contributed by atoms with Crippen LogP contribution in [0.1, 0.15) is 150 Å². The lowest BCUT2D eigenvalue weighted by atomic mass is 9.76. The van der Waals surface area contributed by atoms with Gasteiger partial charge < -0.3 is 18.1 Å². The molecule has 2 aliphatic heterocycles. The van der Waals surface area contributed by atoms with Crippen molar-refractivity contribution in [2.75, 3.05) is 0 Å². The van der Waals surface area contributed by atoms with Gasteiger partial charge in [0.15, 0.2) is 0 Å². The lowest BCUT2D eigenvalue weighted by Crippen LogP contribution is -2.21. The Morgan fingerprint density at radius 1 is 0.491 bits per heavy atom. The van der Waals surface area contributed by atoms with E-state index in [0.29, 0.717) is 19.6 Å². The van der Waals surface area contributed by atoms with Crippen LogP contribution in [0.2, 0.25) is 0 Å². The first-order chi connectivity index (χ1) is 25.4. The van der Waals surface area contributed by atoms with Crippen LogP contribution >= 0.6 is 17.2 Å².